The number of benzene rings is 4. The smallest absolute Gasteiger partial charge is 0.397 e. The van der Waals surface area contributed by atoms with Crippen LogP contribution in [-0.4, -0.2) is 101 Å². The molecule has 25 nitrogen and oxygen atoms in total. The summed E-state index contributed by atoms with van der Waals surface area (Å²) in [7, 11) is -12.7. The number of nitrogens with one attached hydrogen (secondary N) is 5. The molecule has 1 radical (unpaired) electrons. The van der Waals surface area contributed by atoms with Crippen molar-refractivity contribution in [2.75, 3.05) is 38.9 Å². The lowest BCUT2D eigenvalue weighted by molar-refractivity contribution is 0.112. The number of nitrogens with zero attached hydrogens (tertiary/aromatic N) is 9. The van der Waals surface area contributed by atoms with Crippen molar-refractivity contribution in [3.8, 4) is 5.75 Å². The Morgan fingerprint density at radius 3 is 2.11 bits per heavy atom. The van der Waals surface area contributed by atoms with Gasteiger partial charge in [0.1, 0.15) is 5.69 Å². The number of halogens is 2. The number of aryl methyl sites for hydroxylation is 1. The Labute approximate surface area is 379 Å². The van der Waals surface area contributed by atoms with Gasteiger partial charge in [-0.2, -0.15) is 56.2 Å². The standard InChI is InChI=1S/C35H30BClFN14O11S3/c1-19-7-8-21(18-53)25(15-19)49-51-29(20-5-3-2-4-6-20)52-50-27-17-24(65(57,58)59)16-26(28(27)54)40-33-43-31(38)44-35(46-33)48-36-47-34-42-30(37)41-32(45-34)39-22-9-11-23(12-10-22)64(55,56)14-13-63-66(60,61)62/h2-12,15-18,50,54H,13-14H2,1H3,(H,57,58,59)(H,60,61,62)(H2,39,41,42,45,47)(H2,40,43,44,46,48). The Hall–Kier alpha value is -7.35. The Bertz CT molecular complexity index is 3180. The molecule has 0 aliphatic rings. The summed E-state index contributed by atoms with van der Waals surface area (Å²) in [5.74, 6) is -2.85. The summed E-state index contributed by atoms with van der Waals surface area (Å²) in [4.78, 5) is 33.7. The molecule has 341 valence electrons. The second kappa shape index (κ2) is 20.7. The van der Waals surface area contributed by atoms with Crippen LogP contribution in [0, 0.1) is 13.0 Å². The first kappa shape index (κ1) is 48.1. The van der Waals surface area contributed by atoms with Crippen molar-refractivity contribution < 1.29 is 52.8 Å². The zero-order valence-corrected chi connectivity index (χ0v) is 36.5. The molecule has 8 N–H and O–H groups in total. The van der Waals surface area contributed by atoms with Crippen molar-refractivity contribution in [3.05, 3.63) is 113 Å². The Kier molecular flexibility index (Phi) is 15.1. The molecular formula is C35H30BClFN14O11S3. The number of aromatic nitrogens is 6. The lowest BCUT2D eigenvalue weighted by Crippen LogP contribution is -2.21. The number of hydrogen-bond acceptors (Lipinski definition) is 22. The van der Waals surface area contributed by atoms with Crippen LogP contribution >= 0.6 is 11.6 Å². The minimum Gasteiger partial charge on any atom is -0.504 e. The van der Waals surface area contributed by atoms with E-state index in [-0.39, 0.29) is 44.8 Å². The highest BCUT2D eigenvalue weighted by Crippen LogP contribution is 2.37. The van der Waals surface area contributed by atoms with Gasteiger partial charge in [0.2, 0.25) is 34.9 Å². The van der Waals surface area contributed by atoms with Crippen LogP contribution in [-0.2, 0) is 34.5 Å². The third kappa shape index (κ3) is 13.6. The number of anilines is 7. The van der Waals surface area contributed by atoms with Crippen LogP contribution in [0.4, 0.5) is 50.9 Å². The molecule has 2 heterocycles. The van der Waals surface area contributed by atoms with Crippen LogP contribution in [0.15, 0.2) is 110 Å². The molecule has 0 saturated carbocycles. The number of azo groups is 1. The van der Waals surface area contributed by atoms with E-state index in [1.54, 1.807) is 55.5 Å². The van der Waals surface area contributed by atoms with E-state index in [1.165, 1.54) is 24.3 Å². The number of hydrazone groups is 1. The largest absolute Gasteiger partial charge is 0.504 e. The average Bonchev–Trinajstić information content (AvgIpc) is 3.24. The molecule has 0 spiro atoms. The van der Waals surface area contributed by atoms with Crippen molar-refractivity contribution in [1.82, 2.24) is 29.9 Å². The first-order valence-electron chi connectivity index (χ1n) is 18.1. The lowest BCUT2D eigenvalue weighted by atomic mass is 10.1. The molecule has 0 bridgehead atoms. The molecule has 0 fully saturated rings. The van der Waals surface area contributed by atoms with Gasteiger partial charge < -0.3 is 26.2 Å². The van der Waals surface area contributed by atoms with Gasteiger partial charge >= 0.3 is 24.0 Å². The van der Waals surface area contributed by atoms with Crippen LogP contribution in [0.1, 0.15) is 21.5 Å². The predicted molar refractivity (Wildman–Crippen MR) is 236 cm³/mol. The molecule has 0 atom stereocenters. The highest BCUT2D eigenvalue weighted by atomic mass is 35.5. The minimum absolute atomic E-state index is 0.0828. The van der Waals surface area contributed by atoms with Gasteiger partial charge in [-0.15, -0.1) is 10.2 Å². The zero-order valence-electron chi connectivity index (χ0n) is 33.3. The molecular weight excluding hydrogens is 954 g/mol. The van der Waals surface area contributed by atoms with E-state index >= 15 is 0 Å². The van der Waals surface area contributed by atoms with Crippen molar-refractivity contribution in [1.29, 1.82) is 0 Å². The van der Waals surface area contributed by atoms with Crippen molar-refractivity contribution >= 4 is 108 Å². The van der Waals surface area contributed by atoms with E-state index < -0.39 is 82.7 Å². The maximum atomic E-state index is 14.7. The summed E-state index contributed by atoms with van der Waals surface area (Å²) in [6.45, 7) is 0.981. The quantitative estimate of drug-likeness (QED) is 0.00802. The van der Waals surface area contributed by atoms with Gasteiger partial charge in [0.25, 0.3) is 10.1 Å². The summed E-state index contributed by atoms with van der Waals surface area (Å²) in [6.07, 6.45) is -0.745. The predicted octanol–water partition coefficient (Wildman–Crippen LogP) is 4.62. The van der Waals surface area contributed by atoms with Gasteiger partial charge in [0.15, 0.2) is 21.9 Å². The molecule has 6 aromatic rings. The second-order valence-corrected chi connectivity index (χ2v) is 17.9. The van der Waals surface area contributed by atoms with Gasteiger partial charge in [-0.25, -0.2) is 12.6 Å². The normalized spacial score (nSPS) is 12.1. The van der Waals surface area contributed by atoms with Crippen LogP contribution in [0.3, 0.4) is 0 Å². The molecule has 6 rings (SSSR count). The molecule has 0 aliphatic carbocycles. The van der Waals surface area contributed by atoms with E-state index in [0.717, 1.165) is 25.2 Å². The Morgan fingerprint density at radius 2 is 1.44 bits per heavy atom. The van der Waals surface area contributed by atoms with Crippen molar-refractivity contribution in [3.63, 3.8) is 0 Å². The van der Waals surface area contributed by atoms with Gasteiger partial charge in [-0.05, 0) is 72.6 Å². The number of amidine groups is 1. The maximum Gasteiger partial charge on any atom is 0.397 e. The van der Waals surface area contributed by atoms with Gasteiger partial charge in [-0.3, -0.25) is 19.3 Å². The molecule has 66 heavy (non-hydrogen) atoms. The summed E-state index contributed by atoms with van der Waals surface area (Å²) in [6, 6.07) is 20.0. The highest BCUT2D eigenvalue weighted by molar-refractivity contribution is 7.91. The molecule has 0 amide bonds. The summed E-state index contributed by atoms with van der Waals surface area (Å²) in [5.41, 5.74) is 3.61. The number of carbonyl (C=O) groups is 1. The lowest BCUT2D eigenvalue weighted by Gasteiger charge is -2.13. The maximum absolute atomic E-state index is 14.7. The number of phenolic OH excluding ortho intramolecular Hbond substituents is 1. The van der Waals surface area contributed by atoms with Gasteiger partial charge in [0.05, 0.1) is 33.5 Å². The van der Waals surface area contributed by atoms with Crippen molar-refractivity contribution in [2.45, 2.75) is 16.7 Å². The van der Waals surface area contributed by atoms with Gasteiger partial charge in [0, 0.05) is 16.8 Å². The monoisotopic (exact) mass is 983 g/mol. The van der Waals surface area contributed by atoms with Crippen LogP contribution in [0.25, 0.3) is 0 Å². The summed E-state index contributed by atoms with van der Waals surface area (Å²) >= 11 is 6.05. The molecule has 0 saturated heterocycles. The first-order valence-corrected chi connectivity index (χ1v) is 23.0. The number of aromatic hydroxyl groups is 1. The number of phenols is 1. The van der Waals surface area contributed by atoms with E-state index in [1.807, 2.05) is 0 Å². The second-order valence-electron chi connectivity index (χ2n) is 12.9. The fourth-order valence-electron chi connectivity index (χ4n) is 5.19. The minimum atomic E-state index is -4.94. The number of sulfone groups is 1. The topological polar surface area (TPSA) is 364 Å². The first-order chi connectivity index (χ1) is 31.2. The Morgan fingerprint density at radius 1 is 0.803 bits per heavy atom. The molecule has 4 aromatic carbocycles. The summed E-state index contributed by atoms with van der Waals surface area (Å²) < 4.78 is 108. The van der Waals surface area contributed by atoms with Crippen LogP contribution in [0.2, 0.25) is 5.28 Å². The zero-order chi connectivity index (χ0) is 47.6. The molecule has 2 aromatic heterocycles. The van der Waals surface area contributed by atoms with Crippen LogP contribution < -0.4 is 26.5 Å². The van der Waals surface area contributed by atoms with E-state index in [0.29, 0.717) is 11.8 Å². The number of hydrogen-bond donors (Lipinski definition) is 8. The summed E-state index contributed by atoms with van der Waals surface area (Å²) in [5, 5.41) is 33.8. The molecule has 0 aliphatic heterocycles. The number of rotatable bonds is 19. The van der Waals surface area contributed by atoms with Crippen LogP contribution in [0.5, 0.6) is 5.75 Å². The van der Waals surface area contributed by atoms with E-state index in [4.69, 9.17) is 16.2 Å². The van der Waals surface area contributed by atoms with Crippen molar-refractivity contribution in [2.24, 2.45) is 15.3 Å². The SMILES string of the molecule is Cc1ccc(C=O)c(N=NC(=NNc2cc(S(=O)(=O)O)cc(Nc3nc(F)nc(N[B]Nc4nc(Cl)nc(Nc5ccc(S(=O)(=O)CCOS(=O)(=O)O)cc5)n4)n3)c2O)c2ccccc2)c1. The third-order valence-corrected chi connectivity index (χ3v) is 11.3. The van der Waals surface area contributed by atoms with E-state index in [9.17, 15) is 44.1 Å². The Balaban J connectivity index is 1.16. The molecule has 31 heteroatoms. The third-order valence-electron chi connectivity index (χ3n) is 8.18. The fraction of sp³-hybridized carbons (Fsp3) is 0.0857. The number of carbonyl (C=O) groups excluding carboxylic acids is 1. The number of aldehydes is 1. The molecule has 0 unspecified atom stereocenters. The fourth-order valence-corrected chi connectivity index (χ4v) is 7.37. The van der Waals surface area contributed by atoms with E-state index in [2.05, 4.69) is 75.9 Å². The highest BCUT2D eigenvalue weighted by Gasteiger charge is 2.20. The van der Waals surface area contributed by atoms with Gasteiger partial charge in [-0.1, -0.05) is 36.4 Å². The average molecular weight is 984 g/mol.